The molecular weight excluding hydrogens is 226 g/mol. The first-order valence-electron chi connectivity index (χ1n) is 5.38. The fourth-order valence-electron chi connectivity index (χ4n) is 1.29. The number of carbonyl (C=O) groups excluding carboxylic acids is 1. The Labute approximate surface area is 99.4 Å². The summed E-state index contributed by atoms with van der Waals surface area (Å²) in [5.74, 6) is -0.219. The SMILES string of the molecule is CCCN(CC(=O)OCC)c1nnc(C)s1. The van der Waals surface area contributed by atoms with E-state index >= 15 is 0 Å². The lowest BCUT2D eigenvalue weighted by Crippen LogP contribution is -2.31. The average Bonchev–Trinajstić information content (AvgIpc) is 2.64. The molecule has 5 nitrogen and oxygen atoms in total. The van der Waals surface area contributed by atoms with Crippen LogP contribution in [0.1, 0.15) is 25.3 Å². The maximum absolute atomic E-state index is 11.4. The molecule has 0 amide bonds. The third kappa shape index (κ3) is 3.77. The van der Waals surface area contributed by atoms with E-state index in [-0.39, 0.29) is 12.5 Å². The highest BCUT2D eigenvalue weighted by Gasteiger charge is 2.15. The molecule has 0 radical (unpaired) electrons. The van der Waals surface area contributed by atoms with Crippen LogP contribution < -0.4 is 4.90 Å². The van der Waals surface area contributed by atoms with Crippen molar-refractivity contribution < 1.29 is 9.53 Å². The predicted octanol–water partition coefficient (Wildman–Crippen LogP) is 1.63. The molecule has 0 aromatic carbocycles. The Hall–Kier alpha value is -1.17. The number of carbonyl (C=O) groups is 1. The van der Waals surface area contributed by atoms with Gasteiger partial charge in [-0.1, -0.05) is 18.3 Å². The lowest BCUT2D eigenvalue weighted by molar-refractivity contribution is -0.141. The number of esters is 1. The highest BCUT2D eigenvalue weighted by Crippen LogP contribution is 2.19. The summed E-state index contributed by atoms with van der Waals surface area (Å²) in [6.45, 7) is 7.20. The molecular formula is C10H17N3O2S. The van der Waals surface area contributed by atoms with Crippen LogP contribution in [0.25, 0.3) is 0 Å². The standard InChI is InChI=1S/C10H17N3O2S/c1-4-6-13(7-9(14)15-5-2)10-12-11-8(3)16-10/h4-7H2,1-3H3. The molecule has 0 saturated heterocycles. The molecule has 0 aliphatic rings. The molecule has 0 N–H and O–H groups in total. The van der Waals surface area contributed by atoms with Gasteiger partial charge in [0.2, 0.25) is 5.13 Å². The quantitative estimate of drug-likeness (QED) is 0.711. The van der Waals surface area contributed by atoms with E-state index < -0.39 is 0 Å². The van der Waals surface area contributed by atoms with Gasteiger partial charge in [0.25, 0.3) is 0 Å². The summed E-state index contributed by atoms with van der Waals surface area (Å²) in [7, 11) is 0. The zero-order valence-electron chi connectivity index (χ0n) is 9.89. The normalized spacial score (nSPS) is 10.2. The number of nitrogens with zero attached hydrogens (tertiary/aromatic N) is 3. The number of aromatic nitrogens is 2. The molecule has 0 aliphatic heterocycles. The van der Waals surface area contributed by atoms with Gasteiger partial charge in [0.05, 0.1) is 6.61 Å². The molecule has 0 unspecified atom stereocenters. The van der Waals surface area contributed by atoms with Gasteiger partial charge in [-0.2, -0.15) is 0 Å². The summed E-state index contributed by atoms with van der Waals surface area (Å²) in [4.78, 5) is 13.3. The molecule has 0 spiro atoms. The summed E-state index contributed by atoms with van der Waals surface area (Å²) in [6, 6.07) is 0. The number of ether oxygens (including phenoxy) is 1. The monoisotopic (exact) mass is 243 g/mol. The molecule has 1 aromatic rings. The summed E-state index contributed by atoms with van der Waals surface area (Å²) >= 11 is 1.49. The number of rotatable bonds is 6. The number of aryl methyl sites for hydroxylation is 1. The van der Waals surface area contributed by atoms with Crippen molar-refractivity contribution in [2.75, 3.05) is 24.6 Å². The molecule has 6 heteroatoms. The second-order valence-corrected chi connectivity index (χ2v) is 4.49. The highest BCUT2D eigenvalue weighted by atomic mass is 32.1. The van der Waals surface area contributed by atoms with Gasteiger partial charge in [-0.3, -0.25) is 4.79 Å². The van der Waals surface area contributed by atoms with Crippen molar-refractivity contribution in [2.45, 2.75) is 27.2 Å². The summed E-state index contributed by atoms with van der Waals surface area (Å²) in [6.07, 6.45) is 0.956. The Morgan fingerprint density at radius 2 is 2.19 bits per heavy atom. The van der Waals surface area contributed by atoms with Gasteiger partial charge in [0.1, 0.15) is 11.6 Å². The van der Waals surface area contributed by atoms with Crippen molar-refractivity contribution in [2.24, 2.45) is 0 Å². The van der Waals surface area contributed by atoms with Crippen LogP contribution >= 0.6 is 11.3 Å². The van der Waals surface area contributed by atoms with Crippen LogP contribution in [0.4, 0.5) is 5.13 Å². The first kappa shape index (κ1) is 12.9. The Morgan fingerprint density at radius 1 is 1.44 bits per heavy atom. The van der Waals surface area contributed by atoms with Crippen LogP contribution in [0.3, 0.4) is 0 Å². The third-order valence-electron chi connectivity index (χ3n) is 1.90. The van der Waals surface area contributed by atoms with Crippen LogP contribution in [-0.4, -0.2) is 35.9 Å². The van der Waals surface area contributed by atoms with Gasteiger partial charge in [0, 0.05) is 6.54 Å². The lowest BCUT2D eigenvalue weighted by Gasteiger charge is -2.18. The molecule has 1 aromatic heterocycles. The molecule has 90 valence electrons. The Balaban J connectivity index is 2.64. The van der Waals surface area contributed by atoms with E-state index in [9.17, 15) is 4.79 Å². The number of anilines is 1. The molecule has 0 atom stereocenters. The molecule has 1 heterocycles. The second kappa shape index (κ2) is 6.42. The Kier molecular flexibility index (Phi) is 5.18. The van der Waals surface area contributed by atoms with Crippen molar-refractivity contribution in [3.05, 3.63) is 5.01 Å². The van der Waals surface area contributed by atoms with Gasteiger partial charge < -0.3 is 9.64 Å². The first-order valence-corrected chi connectivity index (χ1v) is 6.19. The summed E-state index contributed by atoms with van der Waals surface area (Å²) in [5, 5.41) is 9.67. The fraction of sp³-hybridized carbons (Fsp3) is 0.700. The van der Waals surface area contributed by atoms with Crippen LogP contribution in [0.2, 0.25) is 0 Å². The van der Waals surface area contributed by atoms with Crippen molar-refractivity contribution in [1.29, 1.82) is 0 Å². The number of hydrogen-bond acceptors (Lipinski definition) is 6. The van der Waals surface area contributed by atoms with E-state index in [4.69, 9.17) is 4.74 Å². The second-order valence-electron chi connectivity index (χ2n) is 3.33. The predicted molar refractivity (Wildman–Crippen MR) is 63.8 cm³/mol. The van der Waals surface area contributed by atoms with Crippen LogP contribution in [-0.2, 0) is 9.53 Å². The third-order valence-corrected chi connectivity index (χ3v) is 2.80. The van der Waals surface area contributed by atoms with Crippen LogP contribution in [0.15, 0.2) is 0 Å². The molecule has 0 aliphatic carbocycles. The van der Waals surface area contributed by atoms with Crippen molar-refractivity contribution in [1.82, 2.24) is 10.2 Å². The number of hydrogen-bond donors (Lipinski definition) is 0. The van der Waals surface area contributed by atoms with Gasteiger partial charge in [0.15, 0.2) is 0 Å². The highest BCUT2D eigenvalue weighted by molar-refractivity contribution is 7.15. The van der Waals surface area contributed by atoms with E-state index in [1.54, 1.807) is 6.92 Å². The molecule has 1 rings (SSSR count). The summed E-state index contributed by atoms with van der Waals surface area (Å²) in [5.41, 5.74) is 0. The van der Waals surface area contributed by atoms with E-state index in [1.807, 2.05) is 11.8 Å². The minimum absolute atomic E-state index is 0.219. The Morgan fingerprint density at radius 3 is 2.69 bits per heavy atom. The molecule has 0 bridgehead atoms. The van der Waals surface area contributed by atoms with Crippen LogP contribution in [0, 0.1) is 6.92 Å². The van der Waals surface area contributed by atoms with Crippen molar-refractivity contribution >= 4 is 22.4 Å². The van der Waals surface area contributed by atoms with Gasteiger partial charge >= 0.3 is 5.97 Å². The molecule has 0 fully saturated rings. The summed E-state index contributed by atoms with van der Waals surface area (Å²) < 4.78 is 4.92. The maximum atomic E-state index is 11.4. The van der Waals surface area contributed by atoms with E-state index in [0.29, 0.717) is 6.61 Å². The Bertz CT molecular complexity index is 341. The average molecular weight is 243 g/mol. The van der Waals surface area contributed by atoms with Gasteiger partial charge in [-0.25, -0.2) is 0 Å². The minimum atomic E-state index is -0.219. The molecule has 0 saturated carbocycles. The van der Waals surface area contributed by atoms with E-state index in [0.717, 1.165) is 23.1 Å². The fourth-order valence-corrected chi connectivity index (χ4v) is 2.00. The van der Waals surface area contributed by atoms with Crippen molar-refractivity contribution in [3.8, 4) is 0 Å². The zero-order chi connectivity index (χ0) is 12.0. The topological polar surface area (TPSA) is 55.3 Å². The van der Waals surface area contributed by atoms with E-state index in [1.165, 1.54) is 11.3 Å². The maximum Gasteiger partial charge on any atom is 0.325 e. The minimum Gasteiger partial charge on any atom is -0.465 e. The van der Waals surface area contributed by atoms with Crippen LogP contribution in [0.5, 0.6) is 0 Å². The smallest absolute Gasteiger partial charge is 0.325 e. The molecule has 16 heavy (non-hydrogen) atoms. The largest absolute Gasteiger partial charge is 0.465 e. The van der Waals surface area contributed by atoms with Gasteiger partial charge in [-0.05, 0) is 20.3 Å². The first-order chi connectivity index (χ1) is 7.67. The zero-order valence-corrected chi connectivity index (χ0v) is 10.7. The lowest BCUT2D eigenvalue weighted by atomic mass is 10.4. The van der Waals surface area contributed by atoms with E-state index in [2.05, 4.69) is 17.1 Å². The van der Waals surface area contributed by atoms with Crippen molar-refractivity contribution in [3.63, 3.8) is 0 Å². The van der Waals surface area contributed by atoms with Gasteiger partial charge in [-0.15, -0.1) is 10.2 Å².